The van der Waals surface area contributed by atoms with Crippen LogP contribution in [0.3, 0.4) is 0 Å². The van der Waals surface area contributed by atoms with Gasteiger partial charge in [0.2, 0.25) is 0 Å². The van der Waals surface area contributed by atoms with Crippen molar-refractivity contribution in [3.05, 3.63) is 18.2 Å². The number of epoxide rings is 2. The largest absolute Gasteiger partial charge is 1.00 e. The van der Waals surface area contributed by atoms with E-state index in [0.717, 1.165) is 26.3 Å². The summed E-state index contributed by atoms with van der Waals surface area (Å²) in [6.07, 6.45) is 5.15. The van der Waals surface area contributed by atoms with Crippen LogP contribution in [0.1, 0.15) is 5.82 Å². The molecule has 0 bridgehead atoms. The summed E-state index contributed by atoms with van der Waals surface area (Å²) in [5.41, 5.74) is 0. The lowest BCUT2D eigenvalue weighted by molar-refractivity contribution is -0.703. The molecule has 5 heteroatoms. The van der Waals surface area contributed by atoms with Gasteiger partial charge < -0.3 is 21.9 Å². The van der Waals surface area contributed by atoms with Crippen molar-refractivity contribution < 1.29 is 26.4 Å². The van der Waals surface area contributed by atoms with Crippen LogP contribution in [0.15, 0.2) is 12.4 Å². The maximum atomic E-state index is 5.22. The Kier molecular flexibility index (Phi) is 3.00. The van der Waals surface area contributed by atoms with E-state index in [-0.39, 0.29) is 12.4 Å². The van der Waals surface area contributed by atoms with Gasteiger partial charge in [-0.05, 0) is 0 Å². The number of nitrogens with zero attached hydrogens (tertiary/aromatic N) is 2. The summed E-state index contributed by atoms with van der Waals surface area (Å²) in [6, 6.07) is 0. The number of hydrogen-bond donors (Lipinski definition) is 0. The van der Waals surface area contributed by atoms with E-state index in [9.17, 15) is 0 Å². The van der Waals surface area contributed by atoms with Gasteiger partial charge in [-0.1, -0.05) is 0 Å². The molecule has 3 heterocycles. The summed E-state index contributed by atoms with van der Waals surface area (Å²) >= 11 is 0. The molecule has 2 fully saturated rings. The number of aromatic nitrogens is 2. The van der Waals surface area contributed by atoms with Gasteiger partial charge in [-0.15, -0.1) is 0 Å². The van der Waals surface area contributed by atoms with Crippen molar-refractivity contribution in [1.82, 2.24) is 4.57 Å². The molecule has 3 rings (SSSR count). The maximum absolute atomic E-state index is 5.22. The second-order valence-corrected chi connectivity index (χ2v) is 4.06. The molecule has 1 aromatic rings. The van der Waals surface area contributed by atoms with Gasteiger partial charge in [0, 0.05) is 6.92 Å². The number of hydrogen-bond acceptors (Lipinski definition) is 2. The molecule has 4 nitrogen and oxygen atoms in total. The molecule has 1 aromatic heterocycles. The molecule has 0 aromatic carbocycles. The summed E-state index contributed by atoms with van der Waals surface area (Å²) in [5.74, 6) is 1.29. The first-order valence-corrected chi connectivity index (χ1v) is 5.11. The maximum Gasteiger partial charge on any atom is 0.253 e. The molecule has 0 saturated carbocycles. The number of ether oxygens (including phenoxy) is 2. The highest BCUT2D eigenvalue weighted by Crippen LogP contribution is 2.13. The first-order valence-electron chi connectivity index (χ1n) is 5.11. The lowest BCUT2D eigenvalue weighted by atomic mass is 10.4. The highest BCUT2D eigenvalue weighted by Gasteiger charge is 2.30. The fraction of sp³-hybridized carbons (Fsp3) is 0.700. The molecule has 2 saturated heterocycles. The third-order valence-corrected chi connectivity index (χ3v) is 2.86. The molecule has 0 N–H and O–H groups in total. The zero-order valence-corrected chi connectivity index (χ0v) is 9.48. The van der Waals surface area contributed by atoms with Gasteiger partial charge in [0.1, 0.15) is 37.7 Å². The van der Waals surface area contributed by atoms with E-state index < -0.39 is 0 Å². The number of halogens is 1. The zero-order valence-electron chi connectivity index (χ0n) is 8.73. The van der Waals surface area contributed by atoms with Crippen molar-refractivity contribution in [1.29, 1.82) is 0 Å². The summed E-state index contributed by atoms with van der Waals surface area (Å²) in [6.45, 7) is 5.96. The van der Waals surface area contributed by atoms with E-state index in [2.05, 4.69) is 28.5 Å². The first-order chi connectivity index (χ1) is 6.83. The predicted molar refractivity (Wildman–Crippen MR) is 48.8 cm³/mol. The normalized spacial score (nSPS) is 27.3. The van der Waals surface area contributed by atoms with Crippen LogP contribution in [0.5, 0.6) is 0 Å². The monoisotopic (exact) mass is 230 g/mol. The molecular weight excluding hydrogens is 216 g/mol. The van der Waals surface area contributed by atoms with Gasteiger partial charge in [0.25, 0.3) is 5.82 Å². The fourth-order valence-electron chi connectivity index (χ4n) is 1.71. The van der Waals surface area contributed by atoms with Gasteiger partial charge in [0.15, 0.2) is 0 Å². The molecule has 2 atom stereocenters. The SMILES string of the molecule is Cc1n(CC2CO2)cc[n+]1CC1CO1.[Cl-]. The van der Waals surface area contributed by atoms with Gasteiger partial charge in [0.05, 0.1) is 13.2 Å². The Morgan fingerprint density at radius 1 is 1.40 bits per heavy atom. The van der Waals surface area contributed by atoms with E-state index in [0.29, 0.717) is 12.2 Å². The van der Waals surface area contributed by atoms with Crippen LogP contribution in [0.25, 0.3) is 0 Å². The van der Waals surface area contributed by atoms with Crippen molar-refractivity contribution in [3.63, 3.8) is 0 Å². The molecule has 15 heavy (non-hydrogen) atoms. The number of rotatable bonds is 4. The minimum Gasteiger partial charge on any atom is -1.00 e. The van der Waals surface area contributed by atoms with Crippen LogP contribution in [0.2, 0.25) is 0 Å². The van der Waals surface area contributed by atoms with E-state index in [1.165, 1.54) is 5.82 Å². The van der Waals surface area contributed by atoms with E-state index in [1.54, 1.807) is 0 Å². The topological polar surface area (TPSA) is 33.9 Å². The lowest BCUT2D eigenvalue weighted by Gasteiger charge is -1.97. The Bertz CT molecular complexity index is 314. The minimum absolute atomic E-state index is 0. The van der Waals surface area contributed by atoms with E-state index in [1.807, 2.05) is 0 Å². The highest BCUT2D eigenvalue weighted by atomic mass is 35.5. The molecule has 0 aliphatic carbocycles. The summed E-state index contributed by atoms with van der Waals surface area (Å²) < 4.78 is 14.9. The molecule has 0 radical (unpaired) electrons. The third kappa shape index (κ3) is 2.51. The second kappa shape index (κ2) is 4.12. The molecule has 2 aliphatic rings. The molecule has 2 aliphatic heterocycles. The third-order valence-electron chi connectivity index (χ3n) is 2.86. The standard InChI is InChI=1S/C10H15N2O2.ClH/c1-8-11(4-9-6-13-9)2-3-12(8)5-10-7-14-10;/h2-3,9-10H,4-7H2,1H3;1H/q+1;/p-1. The molecule has 0 amide bonds. The van der Waals surface area contributed by atoms with Gasteiger partial charge in [-0.2, -0.15) is 0 Å². The van der Waals surface area contributed by atoms with Crippen LogP contribution >= 0.6 is 0 Å². The highest BCUT2D eigenvalue weighted by molar-refractivity contribution is 4.84. The lowest BCUT2D eigenvalue weighted by Crippen LogP contribution is -3.00. The van der Waals surface area contributed by atoms with Gasteiger partial charge in [-0.3, -0.25) is 0 Å². The average Bonchev–Trinajstić information content (AvgIpc) is 3.03. The van der Waals surface area contributed by atoms with Gasteiger partial charge in [-0.25, -0.2) is 9.13 Å². The smallest absolute Gasteiger partial charge is 0.253 e. The van der Waals surface area contributed by atoms with Crippen LogP contribution in [-0.4, -0.2) is 30.0 Å². The first kappa shape index (κ1) is 10.9. The summed E-state index contributed by atoms with van der Waals surface area (Å²) in [7, 11) is 0. The van der Waals surface area contributed by atoms with Crippen molar-refractivity contribution >= 4 is 0 Å². The minimum atomic E-state index is 0. The molecular formula is C10H15ClN2O2. The van der Waals surface area contributed by atoms with E-state index >= 15 is 0 Å². The van der Waals surface area contributed by atoms with Gasteiger partial charge >= 0.3 is 0 Å². The number of imidazole rings is 1. The second-order valence-electron chi connectivity index (χ2n) is 4.06. The van der Waals surface area contributed by atoms with Crippen LogP contribution in [-0.2, 0) is 22.6 Å². The Balaban J connectivity index is 0.000000853. The zero-order chi connectivity index (χ0) is 9.54. The van der Waals surface area contributed by atoms with Crippen molar-refractivity contribution in [2.75, 3.05) is 13.2 Å². The quantitative estimate of drug-likeness (QED) is 0.405. The summed E-state index contributed by atoms with van der Waals surface area (Å²) in [5, 5.41) is 0. The molecule has 84 valence electrons. The van der Waals surface area contributed by atoms with Crippen LogP contribution < -0.4 is 17.0 Å². The average molecular weight is 231 g/mol. The molecule has 0 spiro atoms. The Hall–Kier alpha value is -0.580. The Morgan fingerprint density at radius 3 is 2.67 bits per heavy atom. The predicted octanol–water partition coefficient (Wildman–Crippen LogP) is -3.11. The van der Waals surface area contributed by atoms with Crippen LogP contribution in [0.4, 0.5) is 0 Å². The fourth-order valence-corrected chi connectivity index (χ4v) is 1.71. The molecule has 2 unspecified atom stereocenters. The van der Waals surface area contributed by atoms with Crippen molar-refractivity contribution in [2.24, 2.45) is 0 Å². The Labute approximate surface area is 95.2 Å². The summed E-state index contributed by atoms with van der Waals surface area (Å²) in [4.78, 5) is 0. The van der Waals surface area contributed by atoms with Crippen molar-refractivity contribution in [3.8, 4) is 0 Å². The Morgan fingerprint density at radius 2 is 2.07 bits per heavy atom. The van der Waals surface area contributed by atoms with E-state index in [4.69, 9.17) is 9.47 Å². The van der Waals surface area contributed by atoms with Crippen molar-refractivity contribution in [2.45, 2.75) is 32.2 Å². The van der Waals surface area contributed by atoms with Crippen LogP contribution in [0, 0.1) is 6.92 Å².